The molecule has 0 aromatic rings. The molecular formula is C8H10N2O. The van der Waals surface area contributed by atoms with E-state index in [0.29, 0.717) is 5.92 Å². The van der Waals surface area contributed by atoms with Crippen LogP contribution in [0.1, 0.15) is 6.42 Å². The van der Waals surface area contributed by atoms with Gasteiger partial charge in [-0.25, -0.2) is 4.79 Å². The van der Waals surface area contributed by atoms with Gasteiger partial charge in [0.2, 0.25) is 0 Å². The van der Waals surface area contributed by atoms with Crippen LogP contribution < -0.4 is 10.6 Å². The molecule has 2 N–H and O–H groups in total. The van der Waals surface area contributed by atoms with Gasteiger partial charge >= 0.3 is 6.03 Å². The molecule has 0 radical (unpaired) electrons. The summed E-state index contributed by atoms with van der Waals surface area (Å²) >= 11 is 0. The Morgan fingerprint density at radius 1 is 1.55 bits per heavy atom. The highest BCUT2D eigenvalue weighted by Gasteiger charge is 2.22. The summed E-state index contributed by atoms with van der Waals surface area (Å²) in [4.78, 5) is 10.8. The molecule has 0 aromatic carbocycles. The molecule has 1 fully saturated rings. The maximum absolute atomic E-state index is 10.8. The molecule has 1 saturated heterocycles. The van der Waals surface area contributed by atoms with Gasteiger partial charge in [-0.1, -0.05) is 12.2 Å². The van der Waals surface area contributed by atoms with Crippen LogP contribution in [0.3, 0.4) is 0 Å². The van der Waals surface area contributed by atoms with Crippen LogP contribution in [-0.4, -0.2) is 12.6 Å². The van der Waals surface area contributed by atoms with Crippen LogP contribution in [0, 0.1) is 5.92 Å². The number of carbonyl (C=O) groups is 1. The first-order valence-electron chi connectivity index (χ1n) is 3.78. The van der Waals surface area contributed by atoms with Gasteiger partial charge in [-0.3, -0.25) is 0 Å². The minimum Gasteiger partial charge on any atom is -0.337 e. The molecule has 2 rings (SSSR count). The number of allylic oxidation sites excluding steroid dienone is 3. The summed E-state index contributed by atoms with van der Waals surface area (Å²) in [5.41, 5.74) is 1.05. The lowest BCUT2D eigenvalue weighted by Crippen LogP contribution is -2.46. The summed E-state index contributed by atoms with van der Waals surface area (Å²) in [5.74, 6) is 0.470. The van der Waals surface area contributed by atoms with E-state index in [2.05, 4.69) is 16.7 Å². The summed E-state index contributed by atoms with van der Waals surface area (Å²) in [6, 6.07) is -0.0807. The van der Waals surface area contributed by atoms with Gasteiger partial charge in [-0.15, -0.1) is 0 Å². The normalized spacial score (nSPS) is 28.2. The SMILES string of the molecule is O=C1NCC2CC=CC=C2N1. The van der Waals surface area contributed by atoms with E-state index in [1.807, 2.05) is 12.2 Å². The van der Waals surface area contributed by atoms with E-state index in [1.54, 1.807) is 0 Å². The highest BCUT2D eigenvalue weighted by atomic mass is 16.2. The molecule has 1 unspecified atom stereocenters. The average molecular weight is 150 g/mol. The largest absolute Gasteiger partial charge is 0.337 e. The fourth-order valence-corrected chi connectivity index (χ4v) is 1.41. The number of fused-ring (bicyclic) bond motifs is 1. The van der Waals surface area contributed by atoms with Crippen molar-refractivity contribution >= 4 is 6.03 Å². The molecule has 1 heterocycles. The first-order valence-corrected chi connectivity index (χ1v) is 3.78. The minimum absolute atomic E-state index is 0.0807. The zero-order valence-electron chi connectivity index (χ0n) is 6.13. The quantitative estimate of drug-likeness (QED) is 0.526. The number of hydrogen-bond donors (Lipinski definition) is 2. The Hall–Kier alpha value is -1.25. The molecule has 1 aliphatic carbocycles. The van der Waals surface area contributed by atoms with Gasteiger partial charge in [0.1, 0.15) is 0 Å². The van der Waals surface area contributed by atoms with Crippen LogP contribution >= 0.6 is 0 Å². The van der Waals surface area contributed by atoms with E-state index in [4.69, 9.17) is 0 Å². The predicted molar refractivity (Wildman–Crippen MR) is 41.9 cm³/mol. The topological polar surface area (TPSA) is 41.1 Å². The smallest absolute Gasteiger partial charge is 0.319 e. The zero-order chi connectivity index (χ0) is 7.68. The summed E-state index contributed by atoms with van der Waals surface area (Å²) in [7, 11) is 0. The monoisotopic (exact) mass is 150 g/mol. The van der Waals surface area contributed by atoms with Gasteiger partial charge in [0.15, 0.2) is 0 Å². The van der Waals surface area contributed by atoms with E-state index in [1.165, 1.54) is 0 Å². The van der Waals surface area contributed by atoms with Gasteiger partial charge in [0.05, 0.1) is 0 Å². The number of amides is 2. The molecule has 1 aliphatic heterocycles. The predicted octanol–water partition coefficient (Wildman–Crippen LogP) is 0.759. The van der Waals surface area contributed by atoms with Crippen molar-refractivity contribution in [2.45, 2.75) is 6.42 Å². The molecule has 58 valence electrons. The fraction of sp³-hybridized carbons (Fsp3) is 0.375. The van der Waals surface area contributed by atoms with E-state index in [9.17, 15) is 4.79 Å². The Kier molecular flexibility index (Phi) is 1.42. The second-order valence-electron chi connectivity index (χ2n) is 2.82. The van der Waals surface area contributed by atoms with Crippen molar-refractivity contribution in [1.29, 1.82) is 0 Å². The Morgan fingerprint density at radius 2 is 2.45 bits per heavy atom. The first kappa shape index (κ1) is 6.46. The average Bonchev–Trinajstić information content (AvgIpc) is 2.04. The molecule has 1 atom stereocenters. The fourth-order valence-electron chi connectivity index (χ4n) is 1.41. The van der Waals surface area contributed by atoms with E-state index < -0.39 is 0 Å². The molecule has 2 amide bonds. The number of rotatable bonds is 0. The maximum Gasteiger partial charge on any atom is 0.319 e. The molecule has 3 heteroatoms. The highest BCUT2D eigenvalue weighted by molar-refractivity contribution is 5.77. The lowest BCUT2D eigenvalue weighted by atomic mass is 9.95. The van der Waals surface area contributed by atoms with Gasteiger partial charge < -0.3 is 10.6 Å². The Bertz CT molecular complexity index is 242. The maximum atomic E-state index is 10.8. The third-order valence-electron chi connectivity index (χ3n) is 2.04. The number of urea groups is 1. The Morgan fingerprint density at radius 3 is 3.36 bits per heavy atom. The Labute approximate surface area is 65.2 Å². The molecule has 0 aromatic heterocycles. The van der Waals surface area contributed by atoms with E-state index in [0.717, 1.165) is 18.7 Å². The van der Waals surface area contributed by atoms with E-state index >= 15 is 0 Å². The third kappa shape index (κ3) is 1.13. The molecule has 0 bridgehead atoms. The van der Waals surface area contributed by atoms with Gasteiger partial charge in [0.25, 0.3) is 0 Å². The number of hydrogen-bond acceptors (Lipinski definition) is 1. The first-order chi connectivity index (χ1) is 5.36. The standard InChI is InChI=1S/C8H10N2O/c11-8-9-5-6-3-1-2-4-7(6)10-8/h1-2,4,6H,3,5H2,(H2,9,10,11). The van der Waals surface area contributed by atoms with Crippen LogP contribution in [0.2, 0.25) is 0 Å². The van der Waals surface area contributed by atoms with Crippen LogP contribution in [0.5, 0.6) is 0 Å². The number of carbonyl (C=O) groups excluding carboxylic acids is 1. The molecule has 11 heavy (non-hydrogen) atoms. The zero-order valence-corrected chi connectivity index (χ0v) is 6.13. The van der Waals surface area contributed by atoms with Crippen molar-refractivity contribution in [3.8, 4) is 0 Å². The summed E-state index contributed by atoms with van der Waals surface area (Å²) in [6.45, 7) is 0.766. The van der Waals surface area contributed by atoms with Crippen molar-refractivity contribution in [3.63, 3.8) is 0 Å². The third-order valence-corrected chi connectivity index (χ3v) is 2.04. The highest BCUT2D eigenvalue weighted by Crippen LogP contribution is 2.19. The second kappa shape index (κ2) is 2.42. The van der Waals surface area contributed by atoms with Gasteiger partial charge in [-0.05, 0) is 12.5 Å². The molecule has 2 aliphatic rings. The summed E-state index contributed by atoms with van der Waals surface area (Å²) < 4.78 is 0. The molecule has 0 spiro atoms. The minimum atomic E-state index is -0.0807. The van der Waals surface area contributed by atoms with Crippen LogP contribution in [-0.2, 0) is 0 Å². The Balaban J connectivity index is 2.18. The van der Waals surface area contributed by atoms with Gasteiger partial charge in [0, 0.05) is 18.2 Å². The van der Waals surface area contributed by atoms with E-state index in [-0.39, 0.29) is 6.03 Å². The number of nitrogens with one attached hydrogen (secondary N) is 2. The second-order valence-corrected chi connectivity index (χ2v) is 2.82. The van der Waals surface area contributed by atoms with Crippen LogP contribution in [0.25, 0.3) is 0 Å². The van der Waals surface area contributed by atoms with Crippen LogP contribution in [0.4, 0.5) is 4.79 Å². The summed E-state index contributed by atoms with van der Waals surface area (Å²) in [6.07, 6.45) is 7.09. The molecule has 3 nitrogen and oxygen atoms in total. The lowest BCUT2D eigenvalue weighted by molar-refractivity contribution is 0.235. The molecular weight excluding hydrogens is 140 g/mol. The lowest BCUT2D eigenvalue weighted by Gasteiger charge is -2.27. The molecule has 0 saturated carbocycles. The summed E-state index contributed by atoms with van der Waals surface area (Å²) in [5, 5.41) is 5.53. The van der Waals surface area contributed by atoms with Crippen molar-refractivity contribution < 1.29 is 4.79 Å². The van der Waals surface area contributed by atoms with Crippen molar-refractivity contribution in [3.05, 3.63) is 23.9 Å². The van der Waals surface area contributed by atoms with Crippen LogP contribution in [0.15, 0.2) is 23.9 Å². The van der Waals surface area contributed by atoms with Crippen molar-refractivity contribution in [2.75, 3.05) is 6.54 Å². The van der Waals surface area contributed by atoms with Gasteiger partial charge in [-0.2, -0.15) is 0 Å². The van der Waals surface area contributed by atoms with Crippen molar-refractivity contribution in [2.24, 2.45) is 5.92 Å². The van der Waals surface area contributed by atoms with Crippen molar-refractivity contribution in [1.82, 2.24) is 10.6 Å².